The highest BCUT2D eigenvalue weighted by Crippen LogP contribution is 2.31. The summed E-state index contributed by atoms with van der Waals surface area (Å²) in [4.78, 5) is 11.9. The Labute approximate surface area is 120 Å². The van der Waals surface area contributed by atoms with Gasteiger partial charge in [-0.25, -0.2) is 0 Å². The Balaban J connectivity index is 1.96. The summed E-state index contributed by atoms with van der Waals surface area (Å²) in [7, 11) is 0. The van der Waals surface area contributed by atoms with Gasteiger partial charge in [-0.1, -0.05) is 24.4 Å². The van der Waals surface area contributed by atoms with Crippen LogP contribution < -0.4 is 11.1 Å². The van der Waals surface area contributed by atoms with Gasteiger partial charge in [0.25, 0.3) is 0 Å². The fourth-order valence-electron chi connectivity index (χ4n) is 2.35. The number of nitrogens with one attached hydrogen (secondary N) is 1. The van der Waals surface area contributed by atoms with E-state index in [1.54, 1.807) is 18.2 Å². The number of amides is 1. The van der Waals surface area contributed by atoms with Gasteiger partial charge in [0.15, 0.2) is 0 Å². The number of carbonyl (C=O) groups is 1. The number of nitrogens with two attached hydrogens (primary N) is 1. The molecule has 0 bridgehead atoms. The van der Waals surface area contributed by atoms with Crippen LogP contribution in [0.4, 0.5) is 5.69 Å². The third-order valence-corrected chi connectivity index (χ3v) is 4.53. The predicted octanol–water partition coefficient (Wildman–Crippen LogP) is 3.70. The summed E-state index contributed by atoms with van der Waals surface area (Å²) in [6.07, 6.45) is 4.50. The van der Waals surface area contributed by atoms with Crippen LogP contribution in [0.25, 0.3) is 0 Å². The SMILES string of the molecule is NC1(CC(=O)Nc2ccc(Cl)c(Br)c2)CCCC1. The molecule has 0 spiro atoms. The standard InChI is InChI=1S/C13H16BrClN2O/c14-10-7-9(3-4-11(10)15)17-12(18)8-13(16)5-1-2-6-13/h3-4,7H,1-2,5-6,8,16H2,(H,17,18). The van der Waals surface area contributed by atoms with Crippen molar-refractivity contribution in [2.24, 2.45) is 5.73 Å². The molecule has 0 unspecified atom stereocenters. The first-order valence-corrected chi connectivity index (χ1v) is 7.19. The molecule has 5 heteroatoms. The molecule has 98 valence electrons. The van der Waals surface area contributed by atoms with Crippen LogP contribution in [0, 0.1) is 0 Å². The van der Waals surface area contributed by atoms with Crippen LogP contribution in [0.2, 0.25) is 5.02 Å². The van der Waals surface area contributed by atoms with E-state index in [1.807, 2.05) is 0 Å². The summed E-state index contributed by atoms with van der Waals surface area (Å²) in [6.45, 7) is 0. The van der Waals surface area contributed by atoms with Crippen molar-refractivity contribution in [1.82, 2.24) is 0 Å². The molecule has 18 heavy (non-hydrogen) atoms. The fraction of sp³-hybridized carbons (Fsp3) is 0.462. The average Bonchev–Trinajstić information content (AvgIpc) is 2.70. The first-order chi connectivity index (χ1) is 8.48. The molecule has 1 aliphatic rings. The molecule has 0 radical (unpaired) electrons. The van der Waals surface area contributed by atoms with E-state index in [-0.39, 0.29) is 11.4 Å². The zero-order valence-corrected chi connectivity index (χ0v) is 12.4. The minimum absolute atomic E-state index is 0.0337. The molecule has 2 rings (SSSR count). The zero-order chi connectivity index (χ0) is 13.2. The number of halogens is 2. The third-order valence-electron chi connectivity index (χ3n) is 3.32. The minimum atomic E-state index is -0.312. The van der Waals surface area contributed by atoms with Gasteiger partial charge in [0.1, 0.15) is 0 Å². The van der Waals surface area contributed by atoms with Crippen molar-refractivity contribution in [3.63, 3.8) is 0 Å². The molecule has 0 heterocycles. The topological polar surface area (TPSA) is 55.1 Å². The highest BCUT2D eigenvalue weighted by atomic mass is 79.9. The van der Waals surface area contributed by atoms with Crippen molar-refractivity contribution in [3.05, 3.63) is 27.7 Å². The van der Waals surface area contributed by atoms with Crippen molar-refractivity contribution >= 4 is 39.1 Å². The molecular formula is C13H16BrClN2O. The van der Waals surface area contributed by atoms with Gasteiger partial charge < -0.3 is 11.1 Å². The molecule has 1 saturated carbocycles. The Morgan fingerprint density at radius 2 is 2.11 bits per heavy atom. The molecule has 0 atom stereocenters. The Hall–Kier alpha value is -0.580. The number of carbonyl (C=O) groups excluding carboxylic acids is 1. The summed E-state index contributed by atoms with van der Waals surface area (Å²) >= 11 is 9.22. The van der Waals surface area contributed by atoms with E-state index in [2.05, 4.69) is 21.2 Å². The van der Waals surface area contributed by atoms with Crippen LogP contribution in [0.3, 0.4) is 0 Å². The lowest BCUT2D eigenvalue weighted by atomic mass is 9.94. The van der Waals surface area contributed by atoms with E-state index in [0.717, 1.165) is 35.8 Å². The molecule has 1 amide bonds. The molecule has 0 saturated heterocycles. The molecule has 1 aromatic carbocycles. The zero-order valence-electron chi connectivity index (χ0n) is 10.0. The van der Waals surface area contributed by atoms with Gasteiger partial charge in [0.2, 0.25) is 5.91 Å². The summed E-state index contributed by atoms with van der Waals surface area (Å²) in [5.74, 6) is -0.0337. The summed E-state index contributed by atoms with van der Waals surface area (Å²) in [5.41, 5.74) is 6.60. The van der Waals surface area contributed by atoms with Crippen LogP contribution in [0.1, 0.15) is 32.1 Å². The number of benzene rings is 1. The molecule has 0 aliphatic heterocycles. The summed E-state index contributed by atoms with van der Waals surface area (Å²) < 4.78 is 0.769. The largest absolute Gasteiger partial charge is 0.326 e. The molecular weight excluding hydrogens is 316 g/mol. The Kier molecular flexibility index (Phi) is 4.30. The molecule has 1 fully saturated rings. The highest BCUT2D eigenvalue weighted by Gasteiger charge is 2.31. The van der Waals surface area contributed by atoms with Crippen molar-refractivity contribution < 1.29 is 4.79 Å². The molecule has 0 aromatic heterocycles. The number of hydrogen-bond acceptors (Lipinski definition) is 2. The van der Waals surface area contributed by atoms with Gasteiger partial charge in [-0.3, -0.25) is 4.79 Å². The fourth-order valence-corrected chi connectivity index (χ4v) is 2.85. The first kappa shape index (κ1) is 13.8. The van der Waals surface area contributed by atoms with E-state index < -0.39 is 0 Å². The second kappa shape index (κ2) is 5.59. The van der Waals surface area contributed by atoms with Gasteiger partial charge in [0, 0.05) is 22.1 Å². The Bertz CT molecular complexity index is 458. The monoisotopic (exact) mass is 330 g/mol. The van der Waals surface area contributed by atoms with Gasteiger partial charge in [-0.15, -0.1) is 0 Å². The van der Waals surface area contributed by atoms with Crippen molar-refractivity contribution in [1.29, 1.82) is 0 Å². The maximum absolute atomic E-state index is 11.9. The Morgan fingerprint density at radius 3 is 2.72 bits per heavy atom. The molecule has 1 aromatic rings. The van der Waals surface area contributed by atoms with Crippen LogP contribution in [0.15, 0.2) is 22.7 Å². The summed E-state index contributed by atoms with van der Waals surface area (Å²) in [6, 6.07) is 5.32. The summed E-state index contributed by atoms with van der Waals surface area (Å²) in [5, 5.41) is 3.48. The van der Waals surface area contributed by atoms with Crippen LogP contribution in [0.5, 0.6) is 0 Å². The van der Waals surface area contributed by atoms with Crippen LogP contribution in [-0.4, -0.2) is 11.4 Å². The molecule has 3 nitrogen and oxygen atoms in total. The minimum Gasteiger partial charge on any atom is -0.326 e. The maximum atomic E-state index is 11.9. The highest BCUT2D eigenvalue weighted by molar-refractivity contribution is 9.10. The number of hydrogen-bond donors (Lipinski definition) is 2. The second-order valence-corrected chi connectivity index (χ2v) is 6.18. The first-order valence-electron chi connectivity index (χ1n) is 6.02. The van der Waals surface area contributed by atoms with Crippen molar-refractivity contribution in [2.45, 2.75) is 37.6 Å². The molecule has 3 N–H and O–H groups in total. The smallest absolute Gasteiger partial charge is 0.226 e. The van der Waals surface area contributed by atoms with E-state index in [0.29, 0.717) is 11.4 Å². The lowest BCUT2D eigenvalue weighted by molar-refractivity contribution is -0.117. The predicted molar refractivity (Wildman–Crippen MR) is 77.8 cm³/mol. The maximum Gasteiger partial charge on any atom is 0.226 e. The van der Waals surface area contributed by atoms with E-state index in [1.165, 1.54) is 0 Å². The van der Waals surface area contributed by atoms with Crippen LogP contribution >= 0.6 is 27.5 Å². The normalized spacial score (nSPS) is 17.7. The average molecular weight is 332 g/mol. The lowest BCUT2D eigenvalue weighted by Gasteiger charge is -2.22. The van der Waals surface area contributed by atoms with Crippen molar-refractivity contribution in [2.75, 3.05) is 5.32 Å². The van der Waals surface area contributed by atoms with E-state index >= 15 is 0 Å². The van der Waals surface area contributed by atoms with Gasteiger partial charge >= 0.3 is 0 Å². The van der Waals surface area contributed by atoms with Crippen molar-refractivity contribution in [3.8, 4) is 0 Å². The van der Waals surface area contributed by atoms with Crippen LogP contribution in [-0.2, 0) is 4.79 Å². The Morgan fingerprint density at radius 1 is 1.44 bits per heavy atom. The number of rotatable bonds is 3. The lowest BCUT2D eigenvalue weighted by Crippen LogP contribution is -2.40. The number of anilines is 1. The molecule has 1 aliphatic carbocycles. The quantitative estimate of drug-likeness (QED) is 0.887. The van der Waals surface area contributed by atoms with Gasteiger partial charge in [0.05, 0.1) is 5.02 Å². The van der Waals surface area contributed by atoms with Gasteiger partial charge in [-0.2, -0.15) is 0 Å². The third kappa shape index (κ3) is 3.46. The van der Waals surface area contributed by atoms with Gasteiger partial charge in [-0.05, 0) is 47.0 Å². The van der Waals surface area contributed by atoms with E-state index in [4.69, 9.17) is 17.3 Å². The van der Waals surface area contributed by atoms with E-state index in [9.17, 15) is 4.79 Å². The second-order valence-electron chi connectivity index (χ2n) is 4.92.